The highest BCUT2D eigenvalue weighted by Gasteiger charge is 2.15. The Morgan fingerprint density at radius 1 is 1.11 bits per heavy atom. The van der Waals surface area contributed by atoms with E-state index in [9.17, 15) is 13.2 Å². The van der Waals surface area contributed by atoms with Crippen LogP contribution in [0.15, 0.2) is 24.4 Å². The second kappa shape index (κ2) is 5.69. The molecule has 1 aromatic heterocycles. The first kappa shape index (κ1) is 13.3. The first-order valence-electron chi connectivity index (χ1n) is 5.84. The maximum absolute atomic E-state index is 13.6. The molecule has 0 aliphatic heterocycles. The highest BCUT2D eigenvalue weighted by molar-refractivity contribution is 5.61. The van der Waals surface area contributed by atoms with Gasteiger partial charge in [0.2, 0.25) is 5.95 Å². The minimum atomic E-state index is -1.50. The average molecular weight is 267 g/mol. The van der Waals surface area contributed by atoms with E-state index in [0.29, 0.717) is 12.5 Å². The van der Waals surface area contributed by atoms with E-state index in [2.05, 4.69) is 15.3 Å². The number of hydrogen-bond acceptors (Lipinski definition) is 3. The average Bonchev–Trinajstić information content (AvgIpc) is 2.43. The summed E-state index contributed by atoms with van der Waals surface area (Å²) in [5.41, 5.74) is 0.103. The molecule has 1 aromatic carbocycles. The van der Waals surface area contributed by atoms with E-state index in [-0.39, 0.29) is 11.3 Å². The predicted octanol–water partition coefficient (Wildman–Crippen LogP) is 3.38. The zero-order valence-corrected chi connectivity index (χ0v) is 10.3. The van der Waals surface area contributed by atoms with Gasteiger partial charge in [-0.05, 0) is 24.6 Å². The van der Waals surface area contributed by atoms with Gasteiger partial charge in [-0.1, -0.05) is 6.92 Å². The van der Waals surface area contributed by atoms with Crippen molar-refractivity contribution in [2.45, 2.75) is 13.3 Å². The number of rotatable bonds is 4. The van der Waals surface area contributed by atoms with Crippen LogP contribution in [0, 0.1) is 17.5 Å². The van der Waals surface area contributed by atoms with E-state index in [4.69, 9.17) is 0 Å². The van der Waals surface area contributed by atoms with Crippen LogP contribution in [0.1, 0.15) is 13.3 Å². The summed E-state index contributed by atoms with van der Waals surface area (Å²) in [5.74, 6) is -3.65. The van der Waals surface area contributed by atoms with Crippen LogP contribution in [-0.2, 0) is 0 Å². The Kier molecular flexibility index (Phi) is 3.99. The summed E-state index contributed by atoms with van der Waals surface area (Å²) in [6.07, 6.45) is 2.31. The third-order valence-electron chi connectivity index (χ3n) is 2.50. The maximum atomic E-state index is 13.6. The quantitative estimate of drug-likeness (QED) is 0.863. The summed E-state index contributed by atoms with van der Waals surface area (Å²) in [5, 5.41) is 2.94. The van der Waals surface area contributed by atoms with Gasteiger partial charge < -0.3 is 5.32 Å². The first-order chi connectivity index (χ1) is 9.13. The second-order valence-corrected chi connectivity index (χ2v) is 3.92. The van der Waals surface area contributed by atoms with Crippen molar-refractivity contribution >= 4 is 5.95 Å². The van der Waals surface area contributed by atoms with Gasteiger partial charge in [-0.3, -0.25) is 0 Å². The lowest BCUT2D eigenvalue weighted by Crippen LogP contribution is -2.05. The van der Waals surface area contributed by atoms with Crippen LogP contribution in [0.3, 0.4) is 0 Å². The fraction of sp³-hybridized carbons (Fsp3) is 0.231. The van der Waals surface area contributed by atoms with E-state index >= 15 is 0 Å². The van der Waals surface area contributed by atoms with Gasteiger partial charge in [-0.2, -0.15) is 0 Å². The Bertz CT molecular complexity index is 587. The molecule has 0 saturated carbocycles. The summed E-state index contributed by atoms with van der Waals surface area (Å²) in [6.45, 7) is 2.65. The molecule has 2 rings (SSSR count). The lowest BCUT2D eigenvalue weighted by atomic mass is 10.1. The van der Waals surface area contributed by atoms with E-state index in [0.717, 1.165) is 18.6 Å². The van der Waals surface area contributed by atoms with Crippen molar-refractivity contribution in [3.05, 3.63) is 41.8 Å². The molecule has 0 aliphatic carbocycles. The molecule has 6 heteroatoms. The number of nitrogens with one attached hydrogen (secondary N) is 1. The van der Waals surface area contributed by atoms with Crippen LogP contribution >= 0.6 is 0 Å². The SMILES string of the molecule is CCCNc1nccc(-c2ccc(F)c(F)c2F)n1. The number of anilines is 1. The number of hydrogen-bond donors (Lipinski definition) is 1. The Labute approximate surface area is 108 Å². The molecule has 0 aliphatic rings. The number of halogens is 3. The van der Waals surface area contributed by atoms with Gasteiger partial charge in [-0.15, -0.1) is 0 Å². The molecule has 0 radical (unpaired) electrons. The molecule has 3 nitrogen and oxygen atoms in total. The van der Waals surface area contributed by atoms with Crippen LogP contribution in [0.4, 0.5) is 19.1 Å². The molecule has 0 amide bonds. The Morgan fingerprint density at radius 2 is 1.89 bits per heavy atom. The standard InChI is InChI=1S/C13H12F3N3/c1-2-6-17-13-18-7-5-10(19-13)8-3-4-9(14)12(16)11(8)15/h3-5,7H,2,6H2,1H3,(H,17,18,19). The van der Waals surface area contributed by atoms with Gasteiger partial charge >= 0.3 is 0 Å². The second-order valence-electron chi connectivity index (χ2n) is 3.92. The van der Waals surface area contributed by atoms with Crippen molar-refractivity contribution in [3.8, 4) is 11.3 Å². The van der Waals surface area contributed by atoms with Crippen molar-refractivity contribution in [1.82, 2.24) is 9.97 Å². The molecule has 1 N–H and O–H groups in total. The van der Waals surface area contributed by atoms with Crippen molar-refractivity contribution in [2.75, 3.05) is 11.9 Å². The molecule has 2 aromatic rings. The highest BCUT2D eigenvalue weighted by atomic mass is 19.2. The largest absolute Gasteiger partial charge is 0.354 e. The fourth-order valence-electron chi connectivity index (χ4n) is 1.55. The van der Waals surface area contributed by atoms with E-state index < -0.39 is 17.5 Å². The maximum Gasteiger partial charge on any atom is 0.223 e. The van der Waals surface area contributed by atoms with Crippen LogP contribution < -0.4 is 5.32 Å². The first-order valence-corrected chi connectivity index (χ1v) is 5.84. The Hall–Kier alpha value is -2.11. The summed E-state index contributed by atoms with van der Waals surface area (Å²) in [6, 6.07) is 3.46. The molecule has 1 heterocycles. The van der Waals surface area contributed by atoms with Crippen molar-refractivity contribution in [2.24, 2.45) is 0 Å². The lowest BCUT2D eigenvalue weighted by molar-refractivity contribution is 0.449. The molecule has 0 saturated heterocycles. The molecule has 0 atom stereocenters. The van der Waals surface area contributed by atoms with E-state index in [1.165, 1.54) is 12.3 Å². The zero-order valence-electron chi connectivity index (χ0n) is 10.3. The van der Waals surface area contributed by atoms with Gasteiger partial charge in [0.15, 0.2) is 17.5 Å². The summed E-state index contributed by atoms with van der Waals surface area (Å²) >= 11 is 0. The normalized spacial score (nSPS) is 10.5. The monoisotopic (exact) mass is 267 g/mol. The zero-order chi connectivity index (χ0) is 13.8. The number of aromatic nitrogens is 2. The van der Waals surface area contributed by atoms with Gasteiger partial charge in [0.05, 0.1) is 5.69 Å². The summed E-state index contributed by atoms with van der Waals surface area (Å²) in [7, 11) is 0. The minimum absolute atomic E-state index is 0.0964. The van der Waals surface area contributed by atoms with Gasteiger partial charge in [0, 0.05) is 18.3 Å². The van der Waals surface area contributed by atoms with Gasteiger partial charge in [0.25, 0.3) is 0 Å². The minimum Gasteiger partial charge on any atom is -0.354 e. The molecule has 0 bridgehead atoms. The number of nitrogens with zero attached hydrogens (tertiary/aromatic N) is 2. The Balaban J connectivity index is 2.39. The van der Waals surface area contributed by atoms with E-state index in [1.54, 1.807) is 0 Å². The number of benzene rings is 1. The van der Waals surface area contributed by atoms with Crippen LogP contribution in [0.25, 0.3) is 11.3 Å². The lowest BCUT2D eigenvalue weighted by Gasteiger charge is -2.07. The van der Waals surface area contributed by atoms with Crippen LogP contribution in [0.2, 0.25) is 0 Å². The molecule has 19 heavy (non-hydrogen) atoms. The summed E-state index contributed by atoms with van der Waals surface area (Å²) in [4.78, 5) is 8.02. The smallest absolute Gasteiger partial charge is 0.223 e. The topological polar surface area (TPSA) is 37.8 Å². The third-order valence-corrected chi connectivity index (χ3v) is 2.50. The van der Waals surface area contributed by atoms with Crippen molar-refractivity contribution in [3.63, 3.8) is 0 Å². The molecule has 100 valence electrons. The van der Waals surface area contributed by atoms with Crippen LogP contribution in [-0.4, -0.2) is 16.5 Å². The molecule has 0 fully saturated rings. The summed E-state index contributed by atoms with van der Waals surface area (Å²) < 4.78 is 39.7. The van der Waals surface area contributed by atoms with Crippen molar-refractivity contribution in [1.29, 1.82) is 0 Å². The predicted molar refractivity (Wildman–Crippen MR) is 66.1 cm³/mol. The third kappa shape index (κ3) is 2.83. The van der Waals surface area contributed by atoms with Gasteiger partial charge in [0.1, 0.15) is 0 Å². The molecule has 0 unspecified atom stereocenters. The highest BCUT2D eigenvalue weighted by Crippen LogP contribution is 2.24. The van der Waals surface area contributed by atoms with Gasteiger partial charge in [-0.25, -0.2) is 23.1 Å². The van der Waals surface area contributed by atoms with Crippen LogP contribution in [0.5, 0.6) is 0 Å². The molecule has 0 spiro atoms. The fourth-order valence-corrected chi connectivity index (χ4v) is 1.55. The Morgan fingerprint density at radius 3 is 2.63 bits per heavy atom. The van der Waals surface area contributed by atoms with Crippen molar-refractivity contribution < 1.29 is 13.2 Å². The molecular weight excluding hydrogens is 255 g/mol. The van der Waals surface area contributed by atoms with E-state index in [1.807, 2.05) is 6.92 Å². The molecular formula is C13H12F3N3.